The van der Waals surface area contributed by atoms with E-state index in [0.717, 1.165) is 11.5 Å². The smallest absolute Gasteiger partial charge is 0.0309 e. The molecule has 1 heterocycles. The molecule has 1 atom stereocenters. The highest BCUT2D eigenvalue weighted by Gasteiger charge is 2.47. The number of rotatable bonds is 5. The van der Waals surface area contributed by atoms with Crippen LogP contribution in [0.1, 0.15) is 71.6 Å². The Labute approximate surface area is 119 Å². The van der Waals surface area contributed by atoms with Gasteiger partial charge < -0.3 is 5.32 Å². The van der Waals surface area contributed by atoms with Crippen molar-refractivity contribution in [1.29, 1.82) is 0 Å². The Balaban J connectivity index is 1.65. The molecule has 1 aliphatic heterocycles. The molecule has 19 heavy (non-hydrogen) atoms. The third kappa shape index (κ3) is 2.85. The molecule has 0 aromatic heterocycles. The van der Waals surface area contributed by atoms with Crippen LogP contribution in [-0.2, 0) is 0 Å². The van der Waals surface area contributed by atoms with Crippen molar-refractivity contribution in [3.05, 3.63) is 0 Å². The van der Waals surface area contributed by atoms with E-state index in [2.05, 4.69) is 24.1 Å². The first-order valence-electron chi connectivity index (χ1n) is 8.70. The molecular weight excluding hydrogens is 232 g/mol. The molecule has 2 heteroatoms. The van der Waals surface area contributed by atoms with Gasteiger partial charge in [0.1, 0.15) is 0 Å². The van der Waals surface area contributed by atoms with Crippen LogP contribution in [0.2, 0.25) is 0 Å². The van der Waals surface area contributed by atoms with E-state index in [1.807, 2.05) is 0 Å². The fourth-order valence-corrected chi connectivity index (χ4v) is 4.64. The summed E-state index contributed by atoms with van der Waals surface area (Å²) < 4.78 is 0. The van der Waals surface area contributed by atoms with Crippen molar-refractivity contribution in [3.63, 3.8) is 0 Å². The van der Waals surface area contributed by atoms with Gasteiger partial charge in [0.2, 0.25) is 0 Å². The first-order chi connectivity index (χ1) is 9.21. The standard InChI is InChI=1S/C17H32N2/c1-3-7-16(10-11-16)13-19-14-17(8-5-6-9-17)18-12-15(19)4-2/h15,18H,3-14H2,1-2H3. The van der Waals surface area contributed by atoms with Gasteiger partial charge in [0.25, 0.3) is 0 Å². The second kappa shape index (κ2) is 5.37. The van der Waals surface area contributed by atoms with Gasteiger partial charge in [-0.3, -0.25) is 4.90 Å². The second-order valence-electron chi connectivity index (χ2n) is 7.59. The molecular formula is C17H32N2. The fourth-order valence-electron chi connectivity index (χ4n) is 4.64. The molecule has 3 aliphatic rings. The normalized spacial score (nSPS) is 32.8. The van der Waals surface area contributed by atoms with Crippen LogP contribution in [0.25, 0.3) is 0 Å². The van der Waals surface area contributed by atoms with Crippen LogP contribution in [0.4, 0.5) is 0 Å². The van der Waals surface area contributed by atoms with Gasteiger partial charge in [0.05, 0.1) is 0 Å². The number of piperazine rings is 1. The molecule has 3 fully saturated rings. The maximum absolute atomic E-state index is 3.92. The predicted molar refractivity (Wildman–Crippen MR) is 81.4 cm³/mol. The van der Waals surface area contributed by atoms with Gasteiger partial charge in [0.15, 0.2) is 0 Å². The van der Waals surface area contributed by atoms with Crippen LogP contribution in [0.5, 0.6) is 0 Å². The molecule has 3 rings (SSSR count). The van der Waals surface area contributed by atoms with Crippen molar-refractivity contribution in [1.82, 2.24) is 10.2 Å². The lowest BCUT2D eigenvalue weighted by molar-refractivity contribution is 0.0580. The number of hydrogen-bond acceptors (Lipinski definition) is 2. The molecule has 1 N–H and O–H groups in total. The van der Waals surface area contributed by atoms with Crippen molar-refractivity contribution in [2.24, 2.45) is 5.41 Å². The molecule has 110 valence electrons. The maximum Gasteiger partial charge on any atom is 0.0309 e. The molecule has 1 spiro atoms. The summed E-state index contributed by atoms with van der Waals surface area (Å²) in [6.45, 7) is 8.68. The zero-order chi connectivity index (χ0) is 13.3. The molecule has 0 aromatic carbocycles. The fraction of sp³-hybridized carbons (Fsp3) is 1.00. The maximum atomic E-state index is 3.92. The van der Waals surface area contributed by atoms with Gasteiger partial charge in [0, 0.05) is 31.2 Å². The average molecular weight is 264 g/mol. The lowest BCUT2D eigenvalue weighted by Gasteiger charge is -2.47. The number of nitrogens with zero attached hydrogens (tertiary/aromatic N) is 1. The van der Waals surface area contributed by atoms with E-state index in [9.17, 15) is 0 Å². The molecule has 0 aromatic rings. The summed E-state index contributed by atoms with van der Waals surface area (Å²) in [6, 6.07) is 0.792. The largest absolute Gasteiger partial charge is 0.308 e. The van der Waals surface area contributed by atoms with Gasteiger partial charge in [-0.1, -0.05) is 33.1 Å². The Hall–Kier alpha value is -0.0800. The Morgan fingerprint density at radius 2 is 1.84 bits per heavy atom. The summed E-state index contributed by atoms with van der Waals surface area (Å²) in [4.78, 5) is 2.88. The Morgan fingerprint density at radius 3 is 2.42 bits per heavy atom. The minimum atomic E-state index is 0.494. The van der Waals surface area contributed by atoms with Gasteiger partial charge in [-0.05, 0) is 43.9 Å². The second-order valence-corrected chi connectivity index (χ2v) is 7.59. The van der Waals surface area contributed by atoms with Crippen molar-refractivity contribution < 1.29 is 0 Å². The summed E-state index contributed by atoms with van der Waals surface area (Å²) >= 11 is 0. The topological polar surface area (TPSA) is 15.3 Å². The molecule has 0 amide bonds. The van der Waals surface area contributed by atoms with E-state index in [4.69, 9.17) is 0 Å². The number of hydrogen-bond donors (Lipinski definition) is 1. The van der Waals surface area contributed by atoms with E-state index >= 15 is 0 Å². The van der Waals surface area contributed by atoms with Crippen molar-refractivity contribution in [3.8, 4) is 0 Å². The van der Waals surface area contributed by atoms with Crippen LogP contribution in [-0.4, -0.2) is 36.1 Å². The van der Waals surface area contributed by atoms with Crippen molar-refractivity contribution >= 4 is 0 Å². The summed E-state index contributed by atoms with van der Waals surface area (Å²) in [5.74, 6) is 0. The van der Waals surface area contributed by atoms with E-state index in [0.29, 0.717) is 5.54 Å². The van der Waals surface area contributed by atoms with Gasteiger partial charge in [-0.2, -0.15) is 0 Å². The lowest BCUT2D eigenvalue weighted by Crippen LogP contribution is -2.63. The Kier molecular flexibility index (Phi) is 3.92. The van der Waals surface area contributed by atoms with E-state index in [1.54, 1.807) is 0 Å². The van der Waals surface area contributed by atoms with Gasteiger partial charge in [-0.25, -0.2) is 0 Å². The minimum absolute atomic E-state index is 0.494. The third-order valence-electron chi connectivity index (χ3n) is 6.04. The SMILES string of the molecule is CCCC1(CN2CC3(CCCC3)NCC2CC)CC1. The average Bonchev–Trinajstić information content (AvgIpc) is 3.00. The Bertz CT molecular complexity index is 302. The van der Waals surface area contributed by atoms with E-state index in [-0.39, 0.29) is 0 Å². The lowest BCUT2D eigenvalue weighted by atomic mass is 9.89. The minimum Gasteiger partial charge on any atom is -0.308 e. The number of nitrogens with one attached hydrogen (secondary N) is 1. The highest BCUT2D eigenvalue weighted by atomic mass is 15.3. The highest BCUT2D eigenvalue weighted by molar-refractivity contribution is 5.04. The predicted octanol–water partition coefficient (Wildman–Crippen LogP) is 3.56. The van der Waals surface area contributed by atoms with Crippen molar-refractivity contribution in [2.45, 2.75) is 83.2 Å². The van der Waals surface area contributed by atoms with Crippen LogP contribution in [0, 0.1) is 5.41 Å². The first-order valence-corrected chi connectivity index (χ1v) is 8.70. The molecule has 0 radical (unpaired) electrons. The zero-order valence-corrected chi connectivity index (χ0v) is 13.0. The Morgan fingerprint density at radius 1 is 1.11 bits per heavy atom. The molecule has 2 aliphatic carbocycles. The monoisotopic (exact) mass is 264 g/mol. The first kappa shape index (κ1) is 13.9. The third-order valence-corrected chi connectivity index (χ3v) is 6.04. The molecule has 0 bridgehead atoms. The van der Waals surface area contributed by atoms with Crippen LogP contribution in [0.3, 0.4) is 0 Å². The van der Waals surface area contributed by atoms with Crippen LogP contribution < -0.4 is 5.32 Å². The van der Waals surface area contributed by atoms with Gasteiger partial charge in [-0.15, -0.1) is 0 Å². The van der Waals surface area contributed by atoms with E-state index in [1.165, 1.54) is 77.4 Å². The molecule has 2 saturated carbocycles. The zero-order valence-electron chi connectivity index (χ0n) is 13.0. The van der Waals surface area contributed by atoms with E-state index < -0.39 is 0 Å². The van der Waals surface area contributed by atoms with Crippen LogP contribution in [0.15, 0.2) is 0 Å². The van der Waals surface area contributed by atoms with Gasteiger partial charge >= 0.3 is 0 Å². The molecule has 1 saturated heterocycles. The highest BCUT2D eigenvalue weighted by Crippen LogP contribution is 2.51. The summed E-state index contributed by atoms with van der Waals surface area (Å²) in [5, 5.41) is 3.92. The molecule has 1 unspecified atom stereocenters. The van der Waals surface area contributed by atoms with Crippen molar-refractivity contribution in [2.75, 3.05) is 19.6 Å². The summed E-state index contributed by atoms with van der Waals surface area (Å²) in [6.07, 6.45) is 12.8. The summed E-state index contributed by atoms with van der Waals surface area (Å²) in [5.41, 5.74) is 1.22. The van der Waals surface area contributed by atoms with Crippen LogP contribution >= 0.6 is 0 Å². The quantitative estimate of drug-likeness (QED) is 0.817. The molecule has 2 nitrogen and oxygen atoms in total. The summed E-state index contributed by atoms with van der Waals surface area (Å²) in [7, 11) is 0.